The maximum Gasteiger partial charge on any atom is 0.312 e. The summed E-state index contributed by atoms with van der Waals surface area (Å²) in [4.78, 5) is 28.8. The highest BCUT2D eigenvalue weighted by molar-refractivity contribution is 9.10. The SMILES string of the molecule is CC(C)CC(C(=O)O)c1nc[nH]c(=O)c1Br. The van der Waals surface area contributed by atoms with E-state index in [9.17, 15) is 9.59 Å². The third-order valence-electron chi connectivity index (χ3n) is 2.16. The van der Waals surface area contributed by atoms with Crippen LogP contribution in [0.25, 0.3) is 0 Å². The second-order valence-corrected chi connectivity index (χ2v) is 4.74. The van der Waals surface area contributed by atoms with Gasteiger partial charge in [0.05, 0.1) is 12.0 Å². The molecule has 0 aliphatic carbocycles. The number of halogens is 1. The second kappa shape index (κ2) is 5.25. The first-order valence-corrected chi connectivity index (χ1v) is 5.68. The average Bonchev–Trinajstić information content (AvgIpc) is 2.18. The van der Waals surface area contributed by atoms with E-state index >= 15 is 0 Å². The van der Waals surface area contributed by atoms with Gasteiger partial charge in [-0.1, -0.05) is 13.8 Å². The van der Waals surface area contributed by atoms with Gasteiger partial charge in [0.15, 0.2) is 0 Å². The zero-order valence-electron chi connectivity index (χ0n) is 9.03. The molecule has 0 amide bonds. The minimum Gasteiger partial charge on any atom is -0.481 e. The number of carboxylic acid groups (broad SMARTS) is 1. The van der Waals surface area contributed by atoms with Gasteiger partial charge in [-0.25, -0.2) is 4.98 Å². The summed E-state index contributed by atoms with van der Waals surface area (Å²) >= 11 is 3.07. The van der Waals surface area contributed by atoms with Crippen molar-refractivity contribution in [2.24, 2.45) is 5.92 Å². The number of carbonyl (C=O) groups is 1. The Morgan fingerprint density at radius 2 is 2.25 bits per heavy atom. The van der Waals surface area contributed by atoms with Crippen molar-refractivity contribution in [2.45, 2.75) is 26.2 Å². The molecule has 0 aliphatic heterocycles. The highest BCUT2D eigenvalue weighted by Gasteiger charge is 2.25. The van der Waals surface area contributed by atoms with Gasteiger partial charge in [-0.3, -0.25) is 9.59 Å². The first kappa shape index (κ1) is 12.9. The first-order valence-electron chi connectivity index (χ1n) is 4.89. The predicted molar refractivity (Wildman–Crippen MR) is 62.4 cm³/mol. The molecular weight excluding hydrogens is 276 g/mol. The lowest BCUT2D eigenvalue weighted by Gasteiger charge is -2.14. The molecule has 88 valence electrons. The number of nitrogens with one attached hydrogen (secondary N) is 1. The maximum atomic E-state index is 11.3. The van der Waals surface area contributed by atoms with Crippen LogP contribution in [-0.4, -0.2) is 21.0 Å². The molecular formula is C10H13BrN2O3. The van der Waals surface area contributed by atoms with Crippen molar-refractivity contribution in [1.82, 2.24) is 9.97 Å². The molecule has 1 aromatic heterocycles. The minimum absolute atomic E-state index is 0.197. The third-order valence-corrected chi connectivity index (χ3v) is 2.93. The van der Waals surface area contributed by atoms with Crippen LogP contribution in [-0.2, 0) is 4.79 Å². The van der Waals surface area contributed by atoms with E-state index in [-0.39, 0.29) is 21.6 Å². The molecule has 2 N–H and O–H groups in total. The van der Waals surface area contributed by atoms with Crippen LogP contribution in [0.4, 0.5) is 0 Å². The van der Waals surface area contributed by atoms with Gasteiger partial charge in [0, 0.05) is 0 Å². The number of hydrogen-bond donors (Lipinski definition) is 2. The lowest BCUT2D eigenvalue weighted by molar-refractivity contribution is -0.139. The van der Waals surface area contributed by atoms with Crippen molar-refractivity contribution in [1.29, 1.82) is 0 Å². The highest BCUT2D eigenvalue weighted by atomic mass is 79.9. The molecule has 0 spiro atoms. The second-order valence-electron chi connectivity index (χ2n) is 3.95. The van der Waals surface area contributed by atoms with E-state index in [1.165, 1.54) is 6.33 Å². The number of aliphatic carboxylic acids is 1. The van der Waals surface area contributed by atoms with Gasteiger partial charge in [0.2, 0.25) is 0 Å². The fourth-order valence-corrected chi connectivity index (χ4v) is 1.93. The van der Waals surface area contributed by atoms with Gasteiger partial charge in [-0.05, 0) is 28.3 Å². The van der Waals surface area contributed by atoms with Crippen LogP contribution in [0.2, 0.25) is 0 Å². The fraction of sp³-hybridized carbons (Fsp3) is 0.500. The summed E-state index contributed by atoms with van der Waals surface area (Å²) in [5.74, 6) is -1.50. The van der Waals surface area contributed by atoms with Crippen molar-refractivity contribution in [3.05, 3.63) is 26.8 Å². The van der Waals surface area contributed by atoms with Crippen LogP contribution < -0.4 is 5.56 Å². The van der Waals surface area contributed by atoms with Crippen molar-refractivity contribution in [3.8, 4) is 0 Å². The van der Waals surface area contributed by atoms with E-state index in [1.807, 2.05) is 13.8 Å². The van der Waals surface area contributed by atoms with Crippen LogP contribution in [0, 0.1) is 5.92 Å². The van der Waals surface area contributed by atoms with E-state index in [1.54, 1.807) is 0 Å². The van der Waals surface area contributed by atoms with E-state index in [4.69, 9.17) is 5.11 Å². The smallest absolute Gasteiger partial charge is 0.312 e. The summed E-state index contributed by atoms with van der Waals surface area (Å²) in [7, 11) is 0. The number of carboxylic acids is 1. The van der Waals surface area contributed by atoms with Crippen LogP contribution in [0.15, 0.2) is 15.6 Å². The Hall–Kier alpha value is -1.17. The molecule has 1 unspecified atom stereocenters. The lowest BCUT2D eigenvalue weighted by Crippen LogP contribution is -2.20. The molecule has 1 heterocycles. The van der Waals surface area contributed by atoms with E-state index in [0.29, 0.717) is 6.42 Å². The van der Waals surface area contributed by atoms with Crippen LogP contribution in [0.1, 0.15) is 31.9 Å². The van der Waals surface area contributed by atoms with Crippen molar-refractivity contribution >= 4 is 21.9 Å². The van der Waals surface area contributed by atoms with Gasteiger partial charge in [0.25, 0.3) is 5.56 Å². The summed E-state index contributed by atoms with van der Waals surface area (Å²) in [5, 5.41) is 9.12. The van der Waals surface area contributed by atoms with Gasteiger partial charge < -0.3 is 10.1 Å². The first-order chi connectivity index (χ1) is 7.43. The Kier molecular flexibility index (Phi) is 4.23. The summed E-state index contributed by atoms with van der Waals surface area (Å²) in [6.45, 7) is 3.86. The molecule has 1 aromatic rings. The van der Waals surface area contributed by atoms with Gasteiger partial charge in [0.1, 0.15) is 10.4 Å². The minimum atomic E-state index is -0.965. The van der Waals surface area contributed by atoms with Gasteiger partial charge >= 0.3 is 5.97 Å². The zero-order valence-corrected chi connectivity index (χ0v) is 10.6. The van der Waals surface area contributed by atoms with E-state index < -0.39 is 11.9 Å². The van der Waals surface area contributed by atoms with Gasteiger partial charge in [-0.15, -0.1) is 0 Å². The zero-order chi connectivity index (χ0) is 12.3. The molecule has 6 heteroatoms. The van der Waals surface area contributed by atoms with Gasteiger partial charge in [-0.2, -0.15) is 0 Å². The predicted octanol–water partition coefficient (Wildman–Crippen LogP) is 1.75. The normalized spacial score (nSPS) is 12.8. The Bertz CT molecular complexity index is 442. The summed E-state index contributed by atoms with van der Waals surface area (Å²) in [5.41, 5.74) is -0.0787. The Labute approximate surface area is 101 Å². The van der Waals surface area contributed by atoms with Crippen LogP contribution in [0.3, 0.4) is 0 Å². The van der Waals surface area contributed by atoms with Crippen molar-refractivity contribution in [2.75, 3.05) is 0 Å². The largest absolute Gasteiger partial charge is 0.481 e. The summed E-state index contributed by atoms with van der Waals surface area (Å²) in [6, 6.07) is 0. The summed E-state index contributed by atoms with van der Waals surface area (Å²) in [6.07, 6.45) is 1.67. The molecule has 0 aliphatic rings. The molecule has 0 saturated heterocycles. The molecule has 1 rings (SSSR count). The Morgan fingerprint density at radius 1 is 1.62 bits per heavy atom. The summed E-state index contributed by atoms with van der Waals surface area (Å²) < 4.78 is 0.197. The van der Waals surface area contributed by atoms with E-state index in [2.05, 4.69) is 25.9 Å². The monoisotopic (exact) mass is 288 g/mol. The maximum absolute atomic E-state index is 11.3. The van der Waals surface area contributed by atoms with Crippen molar-refractivity contribution in [3.63, 3.8) is 0 Å². The number of aromatic nitrogens is 2. The Morgan fingerprint density at radius 3 is 2.75 bits per heavy atom. The average molecular weight is 289 g/mol. The number of rotatable bonds is 4. The topological polar surface area (TPSA) is 83.0 Å². The molecule has 16 heavy (non-hydrogen) atoms. The highest BCUT2D eigenvalue weighted by Crippen LogP contribution is 2.26. The molecule has 0 aromatic carbocycles. The van der Waals surface area contributed by atoms with E-state index in [0.717, 1.165) is 0 Å². The number of H-pyrrole nitrogens is 1. The lowest BCUT2D eigenvalue weighted by atomic mass is 9.94. The quantitative estimate of drug-likeness (QED) is 0.884. The molecule has 0 radical (unpaired) electrons. The molecule has 0 bridgehead atoms. The molecule has 0 fully saturated rings. The number of nitrogens with zero attached hydrogens (tertiary/aromatic N) is 1. The molecule has 0 saturated carbocycles. The number of hydrogen-bond acceptors (Lipinski definition) is 3. The fourth-order valence-electron chi connectivity index (χ4n) is 1.44. The van der Waals surface area contributed by atoms with Crippen molar-refractivity contribution < 1.29 is 9.90 Å². The molecule has 5 nitrogen and oxygen atoms in total. The van der Waals surface area contributed by atoms with Crippen LogP contribution in [0.5, 0.6) is 0 Å². The standard InChI is InChI=1S/C10H13BrN2O3/c1-5(2)3-6(10(15)16)8-7(11)9(14)13-4-12-8/h4-6H,3H2,1-2H3,(H,15,16)(H,12,13,14). The third kappa shape index (κ3) is 2.91. The molecule has 1 atom stereocenters. The Balaban J connectivity index is 3.16. The van der Waals surface area contributed by atoms with Crippen LogP contribution >= 0.6 is 15.9 Å². The number of aromatic amines is 1.